The van der Waals surface area contributed by atoms with Crippen molar-refractivity contribution in [2.45, 2.75) is 40.7 Å². The number of benzene rings is 1. The quantitative estimate of drug-likeness (QED) is 0.598. The Morgan fingerprint density at radius 3 is 2.45 bits per heavy atom. The minimum absolute atomic E-state index is 0.174. The van der Waals surface area contributed by atoms with Gasteiger partial charge in [-0.2, -0.15) is 5.10 Å². The second-order valence-electron chi connectivity index (χ2n) is 7.05. The fourth-order valence-electron chi connectivity index (χ4n) is 3.09. The van der Waals surface area contributed by atoms with Gasteiger partial charge >= 0.3 is 0 Å². The van der Waals surface area contributed by atoms with Crippen LogP contribution in [0.15, 0.2) is 24.3 Å². The summed E-state index contributed by atoms with van der Waals surface area (Å²) >= 11 is 6.23. The molecule has 0 aliphatic heterocycles. The van der Waals surface area contributed by atoms with Crippen molar-refractivity contribution < 1.29 is 14.3 Å². The van der Waals surface area contributed by atoms with E-state index in [1.165, 1.54) is 6.08 Å². The minimum atomic E-state index is -0.199. The van der Waals surface area contributed by atoms with Crippen LogP contribution in [0.2, 0.25) is 5.15 Å². The van der Waals surface area contributed by atoms with Crippen LogP contribution in [0.3, 0.4) is 0 Å². The summed E-state index contributed by atoms with van der Waals surface area (Å²) in [7, 11) is 1.77. The predicted octanol–water partition coefficient (Wildman–Crippen LogP) is 4.71. The highest BCUT2D eigenvalue weighted by Crippen LogP contribution is 2.33. The van der Waals surface area contributed by atoms with Gasteiger partial charge in [-0.05, 0) is 50.5 Å². The van der Waals surface area contributed by atoms with E-state index in [0.717, 1.165) is 16.8 Å². The Labute approximate surface area is 177 Å². The summed E-state index contributed by atoms with van der Waals surface area (Å²) in [5.41, 5.74) is 2.48. The maximum absolute atomic E-state index is 12.6. The van der Waals surface area contributed by atoms with Gasteiger partial charge in [-0.25, -0.2) is 0 Å². The highest BCUT2D eigenvalue weighted by atomic mass is 35.5. The molecule has 0 saturated carbocycles. The first-order valence-corrected chi connectivity index (χ1v) is 10.2. The molecular weight excluding hydrogens is 390 g/mol. The van der Waals surface area contributed by atoms with E-state index in [4.69, 9.17) is 21.1 Å². The van der Waals surface area contributed by atoms with E-state index in [9.17, 15) is 4.79 Å². The highest BCUT2D eigenvalue weighted by molar-refractivity contribution is 6.31. The first-order valence-electron chi connectivity index (χ1n) is 9.85. The average molecular weight is 420 g/mol. The maximum Gasteiger partial charge on any atom is 0.244 e. The van der Waals surface area contributed by atoms with Crippen molar-refractivity contribution in [3.8, 4) is 11.5 Å². The molecule has 1 aromatic heterocycles. The first-order chi connectivity index (χ1) is 13.8. The van der Waals surface area contributed by atoms with E-state index in [-0.39, 0.29) is 17.9 Å². The smallest absolute Gasteiger partial charge is 0.244 e. The summed E-state index contributed by atoms with van der Waals surface area (Å²) in [6, 6.07) is 5.61. The summed E-state index contributed by atoms with van der Waals surface area (Å²) in [5, 5.41) is 7.83. The van der Waals surface area contributed by atoms with E-state index < -0.39 is 0 Å². The van der Waals surface area contributed by atoms with Crippen LogP contribution in [0.25, 0.3) is 6.08 Å². The number of aryl methyl sites for hydroxylation is 2. The normalized spacial score (nSPS) is 12.4. The van der Waals surface area contributed by atoms with Crippen molar-refractivity contribution in [3.05, 3.63) is 46.2 Å². The lowest BCUT2D eigenvalue weighted by Gasteiger charge is -2.23. The third kappa shape index (κ3) is 5.76. The van der Waals surface area contributed by atoms with Crippen molar-refractivity contribution in [2.24, 2.45) is 13.0 Å². The van der Waals surface area contributed by atoms with Gasteiger partial charge in [0.15, 0.2) is 11.5 Å². The van der Waals surface area contributed by atoms with Gasteiger partial charge in [0.1, 0.15) is 5.15 Å². The van der Waals surface area contributed by atoms with Crippen LogP contribution in [0.1, 0.15) is 50.6 Å². The van der Waals surface area contributed by atoms with Crippen LogP contribution in [-0.4, -0.2) is 28.9 Å². The van der Waals surface area contributed by atoms with Crippen molar-refractivity contribution in [3.63, 3.8) is 0 Å². The van der Waals surface area contributed by atoms with E-state index in [0.29, 0.717) is 29.9 Å². The SMILES string of the molecule is CCOc1ccc(C(NC(=O)/C=C/c2c(C)nn(C)c2Cl)C(C)C)cc1OCC. The van der Waals surface area contributed by atoms with E-state index >= 15 is 0 Å². The van der Waals surface area contributed by atoms with Crippen LogP contribution in [0.5, 0.6) is 11.5 Å². The number of hydrogen-bond acceptors (Lipinski definition) is 4. The molecule has 0 saturated heterocycles. The summed E-state index contributed by atoms with van der Waals surface area (Å²) in [6.07, 6.45) is 3.19. The molecule has 0 spiro atoms. The Bertz CT molecular complexity index is 874. The number of nitrogens with zero attached hydrogens (tertiary/aromatic N) is 2. The molecule has 7 heteroatoms. The van der Waals surface area contributed by atoms with Gasteiger partial charge in [0, 0.05) is 18.7 Å². The largest absolute Gasteiger partial charge is 0.490 e. The van der Waals surface area contributed by atoms with Crippen LogP contribution in [-0.2, 0) is 11.8 Å². The van der Waals surface area contributed by atoms with Crippen molar-refractivity contribution >= 4 is 23.6 Å². The second kappa shape index (κ2) is 10.3. The first kappa shape index (κ1) is 22.8. The number of carbonyl (C=O) groups is 1. The maximum atomic E-state index is 12.6. The molecule has 2 rings (SSSR count). The predicted molar refractivity (Wildman–Crippen MR) is 116 cm³/mol. The van der Waals surface area contributed by atoms with Gasteiger partial charge in [-0.3, -0.25) is 9.48 Å². The average Bonchev–Trinajstić information content (AvgIpc) is 2.91. The van der Waals surface area contributed by atoms with Gasteiger partial charge in [-0.1, -0.05) is 31.5 Å². The molecular formula is C22H30ClN3O3. The van der Waals surface area contributed by atoms with Gasteiger partial charge in [0.25, 0.3) is 0 Å². The molecule has 0 fully saturated rings. The third-order valence-corrected chi connectivity index (χ3v) is 4.94. The molecule has 1 amide bonds. The van der Waals surface area contributed by atoms with Crippen molar-refractivity contribution in [1.82, 2.24) is 15.1 Å². The molecule has 29 heavy (non-hydrogen) atoms. The monoisotopic (exact) mass is 419 g/mol. The zero-order valence-electron chi connectivity index (χ0n) is 18.0. The Hall–Kier alpha value is -2.47. The molecule has 1 unspecified atom stereocenters. The van der Waals surface area contributed by atoms with Crippen LogP contribution < -0.4 is 14.8 Å². The van der Waals surface area contributed by atoms with E-state index in [2.05, 4.69) is 24.3 Å². The number of nitrogens with one attached hydrogen (secondary N) is 1. The Balaban J connectivity index is 2.22. The molecule has 1 N–H and O–H groups in total. The fourth-order valence-corrected chi connectivity index (χ4v) is 3.33. The van der Waals surface area contributed by atoms with Gasteiger partial charge < -0.3 is 14.8 Å². The van der Waals surface area contributed by atoms with Gasteiger partial charge in [-0.15, -0.1) is 0 Å². The molecule has 0 aliphatic carbocycles. The van der Waals surface area contributed by atoms with Crippen molar-refractivity contribution in [2.75, 3.05) is 13.2 Å². The number of halogens is 1. The van der Waals surface area contributed by atoms with Gasteiger partial charge in [0.2, 0.25) is 5.91 Å². The lowest BCUT2D eigenvalue weighted by molar-refractivity contribution is -0.117. The summed E-state index contributed by atoms with van der Waals surface area (Å²) in [5.74, 6) is 1.37. The molecule has 2 aromatic rings. The number of amides is 1. The minimum Gasteiger partial charge on any atom is -0.490 e. The van der Waals surface area contributed by atoms with Crippen LogP contribution in [0.4, 0.5) is 0 Å². The molecule has 0 aliphatic rings. The molecule has 1 atom stereocenters. The summed E-state index contributed by atoms with van der Waals surface area (Å²) in [4.78, 5) is 12.6. The molecule has 158 valence electrons. The van der Waals surface area contributed by atoms with E-state index in [1.54, 1.807) is 17.8 Å². The number of hydrogen-bond donors (Lipinski definition) is 1. The van der Waals surface area contributed by atoms with Crippen LogP contribution in [0, 0.1) is 12.8 Å². The second-order valence-corrected chi connectivity index (χ2v) is 7.41. The summed E-state index contributed by atoms with van der Waals surface area (Å²) in [6.45, 7) is 10.9. The molecule has 0 radical (unpaired) electrons. The summed E-state index contributed by atoms with van der Waals surface area (Å²) < 4.78 is 12.9. The van der Waals surface area contributed by atoms with E-state index in [1.807, 2.05) is 39.0 Å². The zero-order valence-corrected chi connectivity index (χ0v) is 18.7. The topological polar surface area (TPSA) is 65.4 Å². The standard InChI is InChI=1S/C22H30ClN3O3/c1-7-28-18-11-9-16(13-19(18)29-8-2)21(14(3)4)24-20(27)12-10-17-15(5)25-26(6)22(17)23/h9-14,21H,7-8H2,1-6H3,(H,24,27)/b12-10+. The Morgan fingerprint density at radius 1 is 1.24 bits per heavy atom. The fraction of sp³-hybridized carbons (Fsp3) is 0.455. The molecule has 1 aromatic carbocycles. The molecule has 0 bridgehead atoms. The van der Waals surface area contributed by atoms with Crippen LogP contribution >= 0.6 is 11.6 Å². The third-order valence-electron chi connectivity index (χ3n) is 4.49. The number of ether oxygens (including phenoxy) is 2. The Kier molecular flexibility index (Phi) is 8.14. The number of aromatic nitrogens is 2. The number of rotatable bonds is 9. The van der Waals surface area contributed by atoms with Crippen molar-refractivity contribution in [1.29, 1.82) is 0 Å². The lowest BCUT2D eigenvalue weighted by Crippen LogP contribution is -2.30. The number of carbonyl (C=O) groups excluding carboxylic acids is 1. The zero-order chi connectivity index (χ0) is 21.6. The molecule has 6 nitrogen and oxygen atoms in total. The van der Waals surface area contributed by atoms with Gasteiger partial charge in [0.05, 0.1) is 24.9 Å². The highest BCUT2D eigenvalue weighted by Gasteiger charge is 2.20. The molecule has 1 heterocycles. The lowest BCUT2D eigenvalue weighted by atomic mass is 9.95. The Morgan fingerprint density at radius 2 is 1.90 bits per heavy atom.